The number of benzene rings is 2. The molecule has 5 rings (SSSR count). The molecule has 1 saturated heterocycles. The van der Waals surface area contributed by atoms with Gasteiger partial charge in [0.25, 0.3) is 0 Å². The lowest BCUT2D eigenvalue weighted by Gasteiger charge is -2.35. The standard InChI is InChI=1S/C33H41N3O2/c37-32(26-38-33-12-5-4-10-30(33)17-18-31-11-6-7-19-34-31)25-36-22-20-35(21-23-36)24-27-13-15-29(16-14-27)28-8-2-1-3-9-28/h4-7,10-19,28,32,37H,1-3,8-9,20-26H2/b18-17+. The molecule has 1 N–H and O–H groups in total. The van der Waals surface area contributed by atoms with Crippen molar-refractivity contribution < 1.29 is 9.84 Å². The van der Waals surface area contributed by atoms with E-state index in [-0.39, 0.29) is 6.61 Å². The van der Waals surface area contributed by atoms with E-state index in [9.17, 15) is 5.11 Å². The van der Waals surface area contributed by atoms with Gasteiger partial charge in [0.2, 0.25) is 0 Å². The highest BCUT2D eigenvalue weighted by molar-refractivity contribution is 5.71. The zero-order valence-corrected chi connectivity index (χ0v) is 22.4. The van der Waals surface area contributed by atoms with E-state index in [0.29, 0.717) is 6.54 Å². The Kier molecular flexibility index (Phi) is 9.59. The topological polar surface area (TPSA) is 48.8 Å². The minimum Gasteiger partial charge on any atom is -0.490 e. The summed E-state index contributed by atoms with van der Waals surface area (Å²) in [5.74, 6) is 1.55. The first kappa shape index (κ1) is 26.6. The van der Waals surface area contributed by atoms with E-state index in [2.05, 4.69) is 39.0 Å². The maximum Gasteiger partial charge on any atom is 0.126 e. The fourth-order valence-corrected chi connectivity index (χ4v) is 5.66. The number of aliphatic hydroxyl groups is 1. The molecule has 1 saturated carbocycles. The summed E-state index contributed by atoms with van der Waals surface area (Å²) in [4.78, 5) is 9.21. The molecule has 1 aliphatic heterocycles. The van der Waals surface area contributed by atoms with Crippen molar-refractivity contribution in [3.8, 4) is 5.75 Å². The summed E-state index contributed by atoms with van der Waals surface area (Å²) in [7, 11) is 0. The van der Waals surface area contributed by atoms with Crippen LogP contribution in [0.5, 0.6) is 5.75 Å². The molecule has 2 aromatic carbocycles. The van der Waals surface area contributed by atoms with Gasteiger partial charge < -0.3 is 9.84 Å². The molecule has 5 heteroatoms. The van der Waals surface area contributed by atoms with Gasteiger partial charge >= 0.3 is 0 Å². The number of aliphatic hydroxyl groups excluding tert-OH is 1. The number of ether oxygens (including phenoxy) is 1. The number of rotatable bonds is 10. The van der Waals surface area contributed by atoms with Gasteiger partial charge in [-0.15, -0.1) is 0 Å². The average Bonchev–Trinajstić information content (AvgIpc) is 2.98. The largest absolute Gasteiger partial charge is 0.490 e. The fraction of sp³-hybridized carbons (Fsp3) is 0.424. The predicted octanol–water partition coefficient (Wildman–Crippen LogP) is 5.86. The summed E-state index contributed by atoms with van der Waals surface area (Å²) < 4.78 is 6.02. The second-order valence-electron chi connectivity index (χ2n) is 10.7. The first-order valence-corrected chi connectivity index (χ1v) is 14.3. The molecule has 200 valence electrons. The molecular weight excluding hydrogens is 470 g/mol. The molecule has 2 heterocycles. The molecule has 3 aromatic rings. The van der Waals surface area contributed by atoms with E-state index in [0.717, 1.165) is 55.6 Å². The Balaban J connectivity index is 1.04. The van der Waals surface area contributed by atoms with Gasteiger partial charge in [0.15, 0.2) is 0 Å². The summed E-state index contributed by atoms with van der Waals surface area (Å²) in [5, 5.41) is 10.7. The van der Waals surface area contributed by atoms with Gasteiger partial charge in [0, 0.05) is 51.0 Å². The summed E-state index contributed by atoms with van der Waals surface area (Å²) in [5.41, 5.74) is 4.81. The van der Waals surface area contributed by atoms with E-state index >= 15 is 0 Å². The van der Waals surface area contributed by atoms with Crippen molar-refractivity contribution in [1.29, 1.82) is 0 Å². The zero-order chi connectivity index (χ0) is 26.0. The maximum atomic E-state index is 10.7. The maximum absolute atomic E-state index is 10.7. The third-order valence-corrected chi connectivity index (χ3v) is 7.87. The highest BCUT2D eigenvalue weighted by Crippen LogP contribution is 2.32. The third-order valence-electron chi connectivity index (χ3n) is 7.87. The monoisotopic (exact) mass is 511 g/mol. The molecule has 1 unspecified atom stereocenters. The SMILES string of the molecule is OC(COc1ccccc1/C=C/c1ccccn1)CN1CCN(Cc2ccc(C3CCCCC3)cc2)CC1. The van der Waals surface area contributed by atoms with Crippen molar-refractivity contribution in [3.05, 3.63) is 95.3 Å². The minimum absolute atomic E-state index is 0.280. The Labute approximate surface area is 227 Å². The smallest absolute Gasteiger partial charge is 0.126 e. The van der Waals surface area contributed by atoms with Crippen LogP contribution in [-0.4, -0.2) is 65.3 Å². The van der Waals surface area contributed by atoms with Gasteiger partial charge in [-0.25, -0.2) is 0 Å². The third kappa shape index (κ3) is 7.76. The Morgan fingerprint density at radius 3 is 2.34 bits per heavy atom. The number of nitrogens with zero attached hydrogens (tertiary/aromatic N) is 3. The molecular formula is C33H41N3O2. The average molecular weight is 512 g/mol. The molecule has 2 aliphatic rings. The van der Waals surface area contributed by atoms with Gasteiger partial charge in [-0.3, -0.25) is 14.8 Å². The lowest BCUT2D eigenvalue weighted by Crippen LogP contribution is -2.48. The summed E-state index contributed by atoms with van der Waals surface area (Å²) in [6.45, 7) is 5.92. The molecule has 0 radical (unpaired) electrons. The molecule has 2 fully saturated rings. The van der Waals surface area contributed by atoms with E-state index in [1.54, 1.807) is 6.20 Å². The molecule has 1 aliphatic carbocycles. The Morgan fingerprint density at radius 2 is 1.58 bits per heavy atom. The predicted molar refractivity (Wildman–Crippen MR) is 155 cm³/mol. The number of β-amino-alcohol motifs (C(OH)–C–C–N with tert-alkyl or cyclic N) is 1. The first-order chi connectivity index (χ1) is 18.7. The molecule has 5 nitrogen and oxygen atoms in total. The number of hydrogen-bond donors (Lipinski definition) is 1. The summed E-state index contributed by atoms with van der Waals surface area (Å²) >= 11 is 0. The normalized spacial score (nSPS) is 18.6. The molecule has 1 aromatic heterocycles. The van der Waals surface area contributed by atoms with Crippen LogP contribution in [-0.2, 0) is 6.54 Å². The van der Waals surface area contributed by atoms with Gasteiger partial charge in [0.05, 0.1) is 5.69 Å². The van der Waals surface area contributed by atoms with Crippen LogP contribution in [0.2, 0.25) is 0 Å². The van der Waals surface area contributed by atoms with Crippen molar-refractivity contribution in [2.45, 2.75) is 50.7 Å². The number of aromatic nitrogens is 1. The van der Waals surface area contributed by atoms with Crippen LogP contribution in [0.15, 0.2) is 72.9 Å². The van der Waals surface area contributed by atoms with Crippen LogP contribution in [0.4, 0.5) is 0 Å². The van der Waals surface area contributed by atoms with Gasteiger partial charge in [-0.1, -0.05) is 67.8 Å². The molecule has 0 spiro atoms. The zero-order valence-electron chi connectivity index (χ0n) is 22.4. The second-order valence-corrected chi connectivity index (χ2v) is 10.7. The Morgan fingerprint density at radius 1 is 0.842 bits per heavy atom. The number of piperazine rings is 1. The van der Waals surface area contributed by atoms with Gasteiger partial charge in [-0.2, -0.15) is 0 Å². The summed E-state index contributed by atoms with van der Waals surface area (Å²) in [6, 6.07) is 23.2. The van der Waals surface area contributed by atoms with Crippen LogP contribution in [0.1, 0.15) is 60.4 Å². The van der Waals surface area contributed by atoms with E-state index < -0.39 is 6.10 Å². The van der Waals surface area contributed by atoms with Crippen molar-refractivity contribution >= 4 is 12.2 Å². The molecule has 38 heavy (non-hydrogen) atoms. The van der Waals surface area contributed by atoms with Gasteiger partial charge in [-0.05, 0) is 60.2 Å². The van der Waals surface area contributed by atoms with Crippen molar-refractivity contribution in [3.63, 3.8) is 0 Å². The fourth-order valence-electron chi connectivity index (χ4n) is 5.66. The van der Waals surface area contributed by atoms with Crippen molar-refractivity contribution in [2.75, 3.05) is 39.3 Å². The number of hydrogen-bond acceptors (Lipinski definition) is 5. The van der Waals surface area contributed by atoms with E-state index in [1.165, 1.54) is 43.2 Å². The second kappa shape index (κ2) is 13.7. The summed E-state index contributed by atoms with van der Waals surface area (Å²) in [6.07, 6.45) is 12.1. The Hall–Kier alpha value is -2.99. The van der Waals surface area contributed by atoms with Crippen molar-refractivity contribution in [2.24, 2.45) is 0 Å². The van der Waals surface area contributed by atoms with Crippen LogP contribution in [0.25, 0.3) is 12.2 Å². The molecule has 0 bridgehead atoms. The highest BCUT2D eigenvalue weighted by atomic mass is 16.5. The lowest BCUT2D eigenvalue weighted by molar-refractivity contribution is 0.0446. The number of para-hydroxylation sites is 1. The highest BCUT2D eigenvalue weighted by Gasteiger charge is 2.20. The molecule has 0 amide bonds. The lowest BCUT2D eigenvalue weighted by atomic mass is 9.84. The number of pyridine rings is 1. The minimum atomic E-state index is -0.526. The van der Waals surface area contributed by atoms with Crippen LogP contribution in [0.3, 0.4) is 0 Å². The first-order valence-electron chi connectivity index (χ1n) is 14.3. The molecule has 1 atom stereocenters. The van der Waals surface area contributed by atoms with E-state index in [4.69, 9.17) is 4.74 Å². The quantitative estimate of drug-likeness (QED) is 0.370. The van der Waals surface area contributed by atoms with Crippen LogP contribution >= 0.6 is 0 Å². The van der Waals surface area contributed by atoms with E-state index in [1.807, 2.05) is 54.6 Å². The van der Waals surface area contributed by atoms with Crippen LogP contribution in [0, 0.1) is 0 Å². The van der Waals surface area contributed by atoms with Crippen molar-refractivity contribution in [1.82, 2.24) is 14.8 Å². The van der Waals surface area contributed by atoms with Gasteiger partial charge in [0.1, 0.15) is 18.5 Å². The van der Waals surface area contributed by atoms with Crippen LogP contribution < -0.4 is 4.74 Å². The Bertz CT molecular complexity index is 1130.